The molecule has 9 nitrogen and oxygen atoms in total. The average molecular weight is 495 g/mol. The van der Waals surface area contributed by atoms with Crippen LogP contribution in [0.15, 0.2) is 30.7 Å². The summed E-state index contributed by atoms with van der Waals surface area (Å²) in [6, 6.07) is 4.09. The second kappa shape index (κ2) is 8.66. The molecule has 3 heterocycles. The summed E-state index contributed by atoms with van der Waals surface area (Å²) in [5.41, 5.74) is 1.41. The fourth-order valence-electron chi connectivity index (χ4n) is 4.13. The van der Waals surface area contributed by atoms with Crippen molar-refractivity contribution < 1.29 is 13.9 Å². The van der Waals surface area contributed by atoms with Crippen LogP contribution in [0.1, 0.15) is 49.4 Å². The van der Waals surface area contributed by atoms with Gasteiger partial charge in [-0.1, -0.05) is 0 Å². The number of anilines is 4. The lowest BCUT2D eigenvalue weighted by Crippen LogP contribution is -2.21. The maximum absolute atomic E-state index is 15.2. The largest absolute Gasteiger partial charge is 0.386 e. The highest BCUT2D eigenvalue weighted by Crippen LogP contribution is 2.48. The smallest absolute Gasteiger partial charge is 0.232 e. The number of aliphatic hydroxyl groups is 1. The molecular weight excluding hydrogens is 466 g/mol. The zero-order chi connectivity index (χ0) is 25.8. The Labute approximate surface area is 207 Å². The molecule has 3 aromatic heterocycles. The molecular formula is C25H28F2N8O. The van der Waals surface area contributed by atoms with Crippen molar-refractivity contribution in [1.29, 1.82) is 0 Å². The zero-order valence-electron chi connectivity index (χ0n) is 20.8. The van der Waals surface area contributed by atoms with Gasteiger partial charge in [-0.25, -0.2) is 18.7 Å². The van der Waals surface area contributed by atoms with E-state index in [0.717, 1.165) is 36.2 Å². The predicted molar refractivity (Wildman–Crippen MR) is 132 cm³/mol. The number of hydrogen-bond acceptors (Lipinski definition) is 7. The van der Waals surface area contributed by atoms with E-state index < -0.39 is 17.2 Å². The Hall–Kier alpha value is -3.86. The number of aromatic amines is 1. The van der Waals surface area contributed by atoms with Crippen LogP contribution in [0.25, 0.3) is 11.4 Å². The first-order valence-electron chi connectivity index (χ1n) is 11.7. The third kappa shape index (κ3) is 4.53. The summed E-state index contributed by atoms with van der Waals surface area (Å²) in [5.74, 6) is -0.259. The van der Waals surface area contributed by atoms with Gasteiger partial charge < -0.3 is 19.9 Å². The standard InChI is InChI=1S/C25H28F2N8O/c1-13-8-19(33-32-13)29-23-20(14-6-7-14)21(18-11-34(4)12-28-18)30-24(31-23)35(5)22-16(26)9-15(10-17(22)27)25(2,3)36/h8-12,14,36H,6-7H2,1-5H3,(H2,29,30,31,32,33). The third-order valence-electron chi connectivity index (χ3n) is 6.18. The van der Waals surface area contributed by atoms with Gasteiger partial charge in [-0.15, -0.1) is 0 Å². The molecule has 188 valence electrons. The van der Waals surface area contributed by atoms with Crippen LogP contribution in [-0.2, 0) is 12.6 Å². The molecule has 1 aliphatic rings. The lowest BCUT2D eigenvalue weighted by atomic mass is 9.97. The quantitative estimate of drug-likeness (QED) is 0.339. The van der Waals surface area contributed by atoms with E-state index in [-0.39, 0.29) is 23.1 Å². The maximum atomic E-state index is 15.2. The summed E-state index contributed by atoms with van der Waals surface area (Å²) in [6.45, 7) is 4.83. The van der Waals surface area contributed by atoms with Crippen LogP contribution in [0.4, 0.5) is 32.1 Å². The Morgan fingerprint density at radius 2 is 1.86 bits per heavy atom. The minimum atomic E-state index is -1.40. The van der Waals surface area contributed by atoms with E-state index in [1.54, 1.807) is 6.33 Å². The Morgan fingerprint density at radius 3 is 2.39 bits per heavy atom. The highest BCUT2D eigenvalue weighted by molar-refractivity contribution is 5.73. The van der Waals surface area contributed by atoms with E-state index in [1.807, 2.05) is 30.8 Å². The molecule has 1 saturated carbocycles. The molecule has 0 bridgehead atoms. The van der Waals surface area contributed by atoms with Crippen molar-refractivity contribution >= 4 is 23.3 Å². The van der Waals surface area contributed by atoms with Gasteiger partial charge in [-0.2, -0.15) is 10.1 Å². The molecule has 3 N–H and O–H groups in total. The molecule has 36 heavy (non-hydrogen) atoms. The van der Waals surface area contributed by atoms with Gasteiger partial charge in [0.1, 0.15) is 34.5 Å². The van der Waals surface area contributed by atoms with Gasteiger partial charge in [0.2, 0.25) is 5.95 Å². The summed E-state index contributed by atoms with van der Waals surface area (Å²) in [5, 5.41) is 20.6. The molecule has 0 atom stereocenters. The molecule has 11 heteroatoms. The van der Waals surface area contributed by atoms with E-state index >= 15 is 8.78 Å². The molecule has 1 fully saturated rings. The highest BCUT2D eigenvalue weighted by atomic mass is 19.1. The van der Waals surface area contributed by atoms with Crippen LogP contribution in [-0.4, -0.2) is 41.9 Å². The normalized spacial score (nSPS) is 13.8. The molecule has 0 radical (unpaired) electrons. The lowest BCUT2D eigenvalue weighted by molar-refractivity contribution is 0.0779. The molecule has 0 unspecified atom stereocenters. The molecule has 4 aromatic rings. The molecule has 5 rings (SSSR count). The molecule has 0 saturated heterocycles. The molecule has 0 aliphatic heterocycles. The maximum Gasteiger partial charge on any atom is 0.232 e. The van der Waals surface area contributed by atoms with Crippen LogP contribution in [0, 0.1) is 18.6 Å². The van der Waals surface area contributed by atoms with Crippen molar-refractivity contribution in [2.24, 2.45) is 7.05 Å². The Balaban J connectivity index is 1.67. The summed E-state index contributed by atoms with van der Waals surface area (Å²) in [7, 11) is 3.37. The number of hydrogen-bond donors (Lipinski definition) is 3. The summed E-state index contributed by atoms with van der Waals surface area (Å²) in [6.07, 6.45) is 5.48. The van der Waals surface area contributed by atoms with Crippen LogP contribution in [0.3, 0.4) is 0 Å². The van der Waals surface area contributed by atoms with Crippen molar-refractivity contribution in [3.05, 3.63) is 59.2 Å². The number of rotatable bonds is 7. The fourth-order valence-corrected chi connectivity index (χ4v) is 4.13. The molecule has 0 amide bonds. The van der Waals surface area contributed by atoms with Crippen molar-refractivity contribution in [1.82, 2.24) is 29.7 Å². The van der Waals surface area contributed by atoms with E-state index in [4.69, 9.17) is 9.97 Å². The van der Waals surface area contributed by atoms with Gasteiger partial charge in [-0.05, 0) is 57.2 Å². The highest BCUT2D eigenvalue weighted by Gasteiger charge is 2.33. The minimum Gasteiger partial charge on any atom is -0.386 e. The van der Waals surface area contributed by atoms with Gasteiger partial charge in [0, 0.05) is 37.6 Å². The van der Waals surface area contributed by atoms with Crippen LogP contribution >= 0.6 is 0 Å². The average Bonchev–Trinajstić information content (AvgIpc) is 3.41. The SMILES string of the molecule is Cc1cc(Nc2nc(N(C)c3c(F)cc(C(C)(C)O)cc3F)nc(-c3cn(C)cn3)c2C2CC2)n[nH]1. The monoisotopic (exact) mass is 494 g/mol. The number of benzene rings is 1. The molecule has 1 aromatic carbocycles. The van der Waals surface area contributed by atoms with Crippen LogP contribution in [0.5, 0.6) is 0 Å². The Kier molecular flexibility index (Phi) is 5.74. The number of nitrogens with one attached hydrogen (secondary N) is 2. The van der Waals surface area contributed by atoms with Gasteiger partial charge in [0.25, 0.3) is 0 Å². The fraction of sp³-hybridized carbons (Fsp3) is 0.360. The summed E-state index contributed by atoms with van der Waals surface area (Å²) >= 11 is 0. The van der Waals surface area contributed by atoms with E-state index in [9.17, 15) is 5.11 Å². The first kappa shape index (κ1) is 23.9. The summed E-state index contributed by atoms with van der Waals surface area (Å²) < 4.78 is 32.2. The van der Waals surface area contributed by atoms with Crippen molar-refractivity contribution in [2.45, 2.75) is 45.1 Å². The number of imidazole rings is 1. The van der Waals surface area contributed by atoms with Crippen molar-refractivity contribution in [3.8, 4) is 11.4 Å². The van der Waals surface area contributed by atoms with Crippen LogP contribution in [0.2, 0.25) is 0 Å². The van der Waals surface area contributed by atoms with Crippen LogP contribution < -0.4 is 10.2 Å². The van der Waals surface area contributed by atoms with E-state index in [1.165, 1.54) is 25.8 Å². The number of aryl methyl sites for hydroxylation is 2. The van der Waals surface area contributed by atoms with Crippen molar-refractivity contribution in [3.63, 3.8) is 0 Å². The Bertz CT molecular complexity index is 1410. The third-order valence-corrected chi connectivity index (χ3v) is 6.18. The van der Waals surface area contributed by atoms with Gasteiger partial charge >= 0.3 is 0 Å². The first-order valence-corrected chi connectivity index (χ1v) is 11.7. The number of nitrogens with zero attached hydrogens (tertiary/aromatic N) is 6. The van der Waals surface area contributed by atoms with Gasteiger partial charge in [0.15, 0.2) is 5.82 Å². The predicted octanol–water partition coefficient (Wildman–Crippen LogP) is 4.80. The lowest BCUT2D eigenvalue weighted by Gasteiger charge is -2.24. The molecule has 0 spiro atoms. The van der Waals surface area contributed by atoms with E-state index in [2.05, 4.69) is 20.5 Å². The second-order valence-electron chi connectivity index (χ2n) is 9.80. The van der Waals surface area contributed by atoms with Gasteiger partial charge in [0.05, 0.1) is 11.9 Å². The zero-order valence-corrected chi connectivity index (χ0v) is 20.8. The Morgan fingerprint density at radius 1 is 1.17 bits per heavy atom. The first-order chi connectivity index (χ1) is 17.0. The minimum absolute atomic E-state index is 0.0867. The van der Waals surface area contributed by atoms with Crippen molar-refractivity contribution in [2.75, 3.05) is 17.3 Å². The molecule has 1 aliphatic carbocycles. The van der Waals surface area contributed by atoms with E-state index in [0.29, 0.717) is 23.0 Å². The number of halogens is 2. The topological polar surface area (TPSA) is 108 Å². The second-order valence-corrected chi connectivity index (χ2v) is 9.80. The van der Waals surface area contributed by atoms with Gasteiger partial charge in [-0.3, -0.25) is 5.10 Å². The number of aromatic nitrogens is 6. The number of H-pyrrole nitrogens is 1. The summed E-state index contributed by atoms with van der Waals surface area (Å²) in [4.78, 5) is 15.2.